The molecule has 2 rings (SSSR count). The van der Waals surface area contributed by atoms with Crippen LogP contribution in [0.5, 0.6) is 17.2 Å². The minimum atomic E-state index is -0.320. The van der Waals surface area contributed by atoms with Crippen molar-refractivity contribution in [2.75, 3.05) is 40.2 Å². The van der Waals surface area contributed by atoms with Gasteiger partial charge in [0, 0.05) is 18.7 Å². The third-order valence-corrected chi connectivity index (χ3v) is 5.05. The van der Waals surface area contributed by atoms with Crippen molar-refractivity contribution in [3.05, 3.63) is 17.7 Å². The van der Waals surface area contributed by atoms with Crippen molar-refractivity contribution in [2.24, 2.45) is 0 Å². The Morgan fingerprint density at radius 2 is 1.84 bits per heavy atom. The van der Waals surface area contributed by atoms with Crippen molar-refractivity contribution in [1.82, 2.24) is 4.90 Å². The molecule has 1 fully saturated rings. The molecule has 7 nitrogen and oxygen atoms in total. The van der Waals surface area contributed by atoms with Crippen molar-refractivity contribution in [3.8, 4) is 17.2 Å². The number of carbonyl (C=O) groups excluding carboxylic acids is 2. The molecule has 1 unspecified atom stereocenters. The van der Waals surface area contributed by atoms with Crippen molar-refractivity contribution in [2.45, 2.75) is 18.7 Å². The first-order chi connectivity index (χ1) is 12.0. The number of thioether (sulfide) groups is 1. The fourth-order valence-electron chi connectivity index (χ4n) is 2.66. The average Bonchev–Trinajstić information content (AvgIpc) is 2.99. The number of hydrogen-bond acceptors (Lipinski definition) is 7. The molecule has 0 N–H and O–H groups in total. The summed E-state index contributed by atoms with van der Waals surface area (Å²) >= 11 is 1.47. The largest absolute Gasteiger partial charge is 0.496 e. The van der Waals surface area contributed by atoms with E-state index in [2.05, 4.69) is 0 Å². The lowest BCUT2D eigenvalue weighted by atomic mass is 10.1. The molecule has 1 aliphatic heterocycles. The summed E-state index contributed by atoms with van der Waals surface area (Å²) < 4.78 is 21.2. The zero-order valence-corrected chi connectivity index (χ0v) is 15.7. The second-order valence-electron chi connectivity index (χ2n) is 5.25. The van der Waals surface area contributed by atoms with Gasteiger partial charge in [-0.1, -0.05) is 0 Å². The van der Waals surface area contributed by atoms with E-state index >= 15 is 0 Å². The lowest BCUT2D eigenvalue weighted by Gasteiger charge is -2.27. The quantitative estimate of drug-likeness (QED) is 0.651. The number of benzene rings is 1. The molecule has 1 saturated heterocycles. The normalized spacial score (nSPS) is 16.7. The molecule has 1 aliphatic rings. The van der Waals surface area contributed by atoms with Gasteiger partial charge >= 0.3 is 5.97 Å². The summed E-state index contributed by atoms with van der Waals surface area (Å²) in [6, 6.07) is 3.51. The molecule has 0 aliphatic carbocycles. The van der Waals surface area contributed by atoms with Crippen molar-refractivity contribution < 1.29 is 28.5 Å². The molecule has 138 valence electrons. The Hall–Kier alpha value is -2.09. The van der Waals surface area contributed by atoms with Crippen LogP contribution in [-0.2, 0) is 14.3 Å². The van der Waals surface area contributed by atoms with E-state index in [1.165, 1.54) is 11.8 Å². The Morgan fingerprint density at radius 1 is 1.20 bits per heavy atom. The molecule has 0 bridgehead atoms. The molecule has 8 heteroatoms. The van der Waals surface area contributed by atoms with E-state index in [1.54, 1.807) is 45.3 Å². The van der Waals surface area contributed by atoms with Crippen LogP contribution in [0.15, 0.2) is 12.1 Å². The molecule has 1 aromatic carbocycles. The molecule has 0 spiro atoms. The minimum Gasteiger partial charge on any atom is -0.496 e. The number of methoxy groups -OCH3 is 3. The van der Waals surface area contributed by atoms with Gasteiger partial charge in [-0.2, -0.15) is 0 Å². The van der Waals surface area contributed by atoms with E-state index in [-0.39, 0.29) is 30.2 Å². The number of carbonyl (C=O) groups is 2. The fourth-order valence-corrected chi connectivity index (χ4v) is 3.92. The van der Waals surface area contributed by atoms with E-state index in [9.17, 15) is 9.59 Å². The highest BCUT2D eigenvalue weighted by Gasteiger charge is 2.37. The number of nitrogens with zero attached hydrogens (tertiary/aromatic N) is 1. The van der Waals surface area contributed by atoms with Gasteiger partial charge in [-0.15, -0.1) is 11.8 Å². The summed E-state index contributed by atoms with van der Waals surface area (Å²) in [6.45, 7) is 2.36. The molecule has 25 heavy (non-hydrogen) atoms. The molecule has 1 heterocycles. The van der Waals surface area contributed by atoms with E-state index in [0.717, 1.165) is 5.56 Å². The first-order valence-corrected chi connectivity index (χ1v) is 8.97. The third-order valence-electron chi connectivity index (χ3n) is 3.83. The topological polar surface area (TPSA) is 74.3 Å². The minimum absolute atomic E-state index is 0.0285. The Kier molecular flexibility index (Phi) is 6.81. The highest BCUT2D eigenvalue weighted by atomic mass is 32.2. The summed E-state index contributed by atoms with van der Waals surface area (Å²) in [7, 11) is 4.68. The van der Waals surface area contributed by atoms with Gasteiger partial charge in [-0.3, -0.25) is 9.59 Å². The maximum atomic E-state index is 12.3. The van der Waals surface area contributed by atoms with Crippen LogP contribution < -0.4 is 14.2 Å². The van der Waals surface area contributed by atoms with Crippen LogP contribution in [0.2, 0.25) is 0 Å². The van der Waals surface area contributed by atoms with Crippen LogP contribution in [0.4, 0.5) is 0 Å². The van der Waals surface area contributed by atoms with Crippen LogP contribution >= 0.6 is 11.8 Å². The summed E-state index contributed by atoms with van der Waals surface area (Å²) in [5.41, 5.74) is 0.755. The molecule has 0 saturated carbocycles. The molecule has 1 amide bonds. The smallest absolute Gasteiger partial charge is 0.307 e. The Labute approximate surface area is 151 Å². The van der Waals surface area contributed by atoms with Gasteiger partial charge in [0.1, 0.15) is 22.6 Å². The van der Waals surface area contributed by atoms with Crippen LogP contribution in [0.1, 0.15) is 24.3 Å². The zero-order valence-electron chi connectivity index (χ0n) is 14.9. The summed E-state index contributed by atoms with van der Waals surface area (Å²) in [4.78, 5) is 25.6. The fraction of sp³-hybridized carbons (Fsp3) is 0.529. The van der Waals surface area contributed by atoms with Gasteiger partial charge < -0.3 is 23.8 Å². The maximum Gasteiger partial charge on any atom is 0.307 e. The zero-order chi connectivity index (χ0) is 18.4. The Bertz CT molecular complexity index is 611. The summed E-state index contributed by atoms with van der Waals surface area (Å²) in [5.74, 6) is 1.74. The first kappa shape index (κ1) is 19.2. The Morgan fingerprint density at radius 3 is 2.36 bits per heavy atom. The standard InChI is InChI=1S/C17H23NO6S/c1-5-24-15(20)6-7-18-14(19)10-25-17(18)16-12(22-3)8-11(21-2)9-13(16)23-4/h8-9,17H,5-7,10H2,1-4H3. The van der Waals surface area contributed by atoms with Gasteiger partial charge in [-0.25, -0.2) is 0 Å². The molecule has 0 radical (unpaired) electrons. The Balaban J connectivity index is 2.31. The number of esters is 1. The predicted molar refractivity (Wildman–Crippen MR) is 94.3 cm³/mol. The lowest BCUT2D eigenvalue weighted by molar-refractivity contribution is -0.143. The predicted octanol–water partition coefficient (Wildman–Crippen LogP) is 2.24. The first-order valence-electron chi connectivity index (χ1n) is 7.92. The van der Waals surface area contributed by atoms with Crippen LogP contribution in [-0.4, -0.2) is 57.0 Å². The number of hydrogen-bond donors (Lipinski definition) is 0. The SMILES string of the molecule is CCOC(=O)CCN1C(=O)CSC1c1c(OC)cc(OC)cc1OC. The number of amides is 1. The van der Waals surface area contributed by atoms with Crippen molar-refractivity contribution in [3.63, 3.8) is 0 Å². The summed E-state index contributed by atoms with van der Waals surface area (Å²) in [6.07, 6.45) is 0.150. The van der Waals surface area contributed by atoms with Gasteiger partial charge in [0.05, 0.1) is 45.7 Å². The van der Waals surface area contributed by atoms with Crippen molar-refractivity contribution >= 4 is 23.6 Å². The summed E-state index contributed by atoms with van der Waals surface area (Å²) in [5, 5.41) is -0.294. The molecular weight excluding hydrogens is 346 g/mol. The van der Waals surface area contributed by atoms with E-state index in [0.29, 0.717) is 29.6 Å². The lowest BCUT2D eigenvalue weighted by Crippen LogP contribution is -2.31. The van der Waals surface area contributed by atoms with Crippen LogP contribution in [0, 0.1) is 0 Å². The third kappa shape index (κ3) is 4.31. The van der Waals surface area contributed by atoms with Crippen LogP contribution in [0.3, 0.4) is 0 Å². The van der Waals surface area contributed by atoms with Crippen LogP contribution in [0.25, 0.3) is 0 Å². The van der Waals surface area contributed by atoms with E-state index < -0.39 is 0 Å². The number of rotatable bonds is 8. The van der Waals surface area contributed by atoms with Gasteiger partial charge in [0.15, 0.2) is 0 Å². The van der Waals surface area contributed by atoms with Gasteiger partial charge in [-0.05, 0) is 6.92 Å². The van der Waals surface area contributed by atoms with Gasteiger partial charge in [0.25, 0.3) is 0 Å². The molecular formula is C17H23NO6S. The second-order valence-corrected chi connectivity index (χ2v) is 6.32. The maximum absolute atomic E-state index is 12.3. The highest BCUT2D eigenvalue weighted by molar-refractivity contribution is 8.00. The highest BCUT2D eigenvalue weighted by Crippen LogP contribution is 2.48. The van der Waals surface area contributed by atoms with Crippen molar-refractivity contribution in [1.29, 1.82) is 0 Å². The second kappa shape index (κ2) is 8.84. The molecule has 1 atom stereocenters. The van der Waals surface area contributed by atoms with Gasteiger partial charge in [0.2, 0.25) is 5.91 Å². The number of ether oxygens (including phenoxy) is 4. The molecule has 1 aromatic rings. The van der Waals surface area contributed by atoms with E-state index in [4.69, 9.17) is 18.9 Å². The van der Waals surface area contributed by atoms with E-state index in [1.807, 2.05) is 0 Å². The average molecular weight is 369 g/mol. The molecule has 0 aromatic heterocycles. The monoisotopic (exact) mass is 369 g/mol.